The van der Waals surface area contributed by atoms with Gasteiger partial charge >= 0.3 is 5.97 Å². The molecule has 0 aliphatic carbocycles. The molecule has 4 nitrogen and oxygen atoms in total. The Balaban J connectivity index is 0.000000293. The van der Waals surface area contributed by atoms with Crippen LogP contribution in [0, 0.1) is 0 Å². The highest BCUT2D eigenvalue weighted by Gasteiger charge is 1.96. The maximum Gasteiger partial charge on any atom is 0.335 e. The van der Waals surface area contributed by atoms with Crippen LogP contribution in [0.2, 0.25) is 0 Å². The maximum absolute atomic E-state index is 10.2. The minimum absolute atomic E-state index is 0.331. The predicted octanol–water partition coefficient (Wildman–Crippen LogP) is 2.34. The highest BCUT2D eigenvalue weighted by molar-refractivity contribution is 5.87. The second kappa shape index (κ2) is 9.71. The fourth-order valence-electron chi connectivity index (χ4n) is 0.857. The Kier molecular flexibility index (Phi) is 8.59. The zero-order valence-electron chi connectivity index (χ0n) is 9.26. The Hall–Kier alpha value is -1.84. The minimum Gasteiger partial charge on any atom is -0.478 e. The molecule has 1 aromatic carbocycles. The molecule has 16 heavy (non-hydrogen) atoms. The second-order valence-electron chi connectivity index (χ2n) is 2.99. The highest BCUT2D eigenvalue weighted by Crippen LogP contribution is 1.96. The lowest BCUT2D eigenvalue weighted by Gasteiger charge is -1.90. The summed E-state index contributed by atoms with van der Waals surface area (Å²) in [6, 6.07) is 8.30. The number of hydrogen-bond donors (Lipinski definition) is 1. The van der Waals surface area contributed by atoms with Gasteiger partial charge in [-0.2, -0.15) is 0 Å². The second-order valence-corrected chi connectivity index (χ2v) is 2.99. The first kappa shape index (κ1) is 14.2. The highest BCUT2D eigenvalue weighted by atomic mass is 16.5. The molecule has 88 valence electrons. The molecule has 0 atom stereocenters. The van der Waals surface area contributed by atoms with Gasteiger partial charge in [0.05, 0.1) is 12.2 Å². The van der Waals surface area contributed by atoms with Gasteiger partial charge in [0.25, 0.3) is 6.47 Å². The molecule has 0 saturated carbocycles. The monoisotopic (exact) mass is 224 g/mol. The summed E-state index contributed by atoms with van der Waals surface area (Å²) in [7, 11) is 0. The summed E-state index contributed by atoms with van der Waals surface area (Å²) in [5.74, 6) is -0.879. The first-order valence-corrected chi connectivity index (χ1v) is 5.06. The Morgan fingerprint density at radius 3 is 2.38 bits per heavy atom. The lowest BCUT2D eigenvalue weighted by molar-refractivity contribution is -0.128. The Bertz CT molecular complexity index is 295. The molecule has 0 aliphatic heterocycles. The smallest absolute Gasteiger partial charge is 0.335 e. The first-order chi connectivity index (χ1) is 7.72. The van der Waals surface area contributed by atoms with Gasteiger partial charge in [0, 0.05) is 0 Å². The average molecular weight is 224 g/mol. The molecule has 0 fully saturated rings. The summed E-state index contributed by atoms with van der Waals surface area (Å²) in [6.45, 7) is 3.10. The molecule has 0 amide bonds. The van der Waals surface area contributed by atoms with Gasteiger partial charge in [0.2, 0.25) is 0 Å². The van der Waals surface area contributed by atoms with Gasteiger partial charge in [-0.05, 0) is 18.6 Å². The van der Waals surface area contributed by atoms with Gasteiger partial charge in [-0.25, -0.2) is 4.79 Å². The third kappa shape index (κ3) is 7.55. The van der Waals surface area contributed by atoms with Crippen LogP contribution in [0.5, 0.6) is 0 Å². The summed E-state index contributed by atoms with van der Waals surface area (Å²) >= 11 is 0. The average Bonchev–Trinajstić information content (AvgIpc) is 2.32. The first-order valence-electron chi connectivity index (χ1n) is 5.06. The maximum atomic E-state index is 10.2. The van der Waals surface area contributed by atoms with Crippen molar-refractivity contribution in [2.45, 2.75) is 19.8 Å². The van der Waals surface area contributed by atoms with Crippen molar-refractivity contribution in [1.82, 2.24) is 0 Å². The van der Waals surface area contributed by atoms with E-state index in [1.54, 1.807) is 30.3 Å². The van der Waals surface area contributed by atoms with Gasteiger partial charge in [0.1, 0.15) is 0 Å². The van der Waals surface area contributed by atoms with E-state index >= 15 is 0 Å². The number of carboxylic acid groups (broad SMARTS) is 1. The lowest BCUT2D eigenvalue weighted by Crippen LogP contribution is -1.93. The molecule has 0 saturated heterocycles. The van der Waals surface area contributed by atoms with Crippen molar-refractivity contribution >= 4 is 12.4 Å². The van der Waals surface area contributed by atoms with Crippen LogP contribution >= 0.6 is 0 Å². The number of hydrogen-bond acceptors (Lipinski definition) is 3. The third-order valence-corrected chi connectivity index (χ3v) is 1.70. The molecule has 1 rings (SSSR count). The number of ether oxygens (including phenoxy) is 1. The largest absolute Gasteiger partial charge is 0.478 e. The van der Waals surface area contributed by atoms with Crippen LogP contribution in [0.15, 0.2) is 30.3 Å². The fraction of sp³-hybridized carbons (Fsp3) is 0.333. The number of carbonyl (C=O) groups excluding carboxylic acids is 1. The van der Waals surface area contributed by atoms with E-state index in [4.69, 9.17) is 5.11 Å². The van der Waals surface area contributed by atoms with E-state index in [-0.39, 0.29) is 0 Å². The molecule has 0 heterocycles. The van der Waals surface area contributed by atoms with Crippen LogP contribution in [0.4, 0.5) is 0 Å². The van der Waals surface area contributed by atoms with Crippen molar-refractivity contribution in [1.29, 1.82) is 0 Å². The third-order valence-electron chi connectivity index (χ3n) is 1.70. The molecule has 1 N–H and O–H groups in total. The quantitative estimate of drug-likeness (QED) is 0.616. The zero-order valence-corrected chi connectivity index (χ0v) is 9.26. The van der Waals surface area contributed by atoms with Crippen molar-refractivity contribution in [3.63, 3.8) is 0 Å². The van der Waals surface area contributed by atoms with Crippen molar-refractivity contribution in [2.24, 2.45) is 0 Å². The zero-order chi connectivity index (χ0) is 12.2. The van der Waals surface area contributed by atoms with Crippen LogP contribution in [-0.2, 0) is 9.53 Å². The summed E-state index contributed by atoms with van der Waals surface area (Å²) in [5, 5.41) is 8.38. The summed E-state index contributed by atoms with van der Waals surface area (Å²) in [6.07, 6.45) is 2.05. The van der Waals surface area contributed by atoms with Crippen LogP contribution < -0.4 is 0 Å². The molecule has 0 spiro atoms. The molecule has 0 aromatic heterocycles. The topological polar surface area (TPSA) is 63.6 Å². The number of carbonyl (C=O) groups is 2. The number of aromatic carboxylic acids is 1. The van der Waals surface area contributed by atoms with E-state index in [2.05, 4.69) is 4.74 Å². The normalized spacial score (nSPS) is 8.56. The standard InChI is InChI=1S/C7H6O2.C5H10O2/c8-7(9)6-4-2-1-3-5-6;1-2-3-4-7-5-6/h1-5H,(H,8,9);5H,2-4H2,1H3. The Labute approximate surface area is 94.9 Å². The van der Waals surface area contributed by atoms with Gasteiger partial charge in [-0.15, -0.1) is 0 Å². The number of unbranched alkanes of at least 4 members (excludes halogenated alkanes) is 1. The van der Waals surface area contributed by atoms with Gasteiger partial charge in [-0.1, -0.05) is 31.5 Å². The minimum atomic E-state index is -0.879. The predicted molar refractivity (Wildman–Crippen MR) is 60.3 cm³/mol. The summed E-state index contributed by atoms with van der Waals surface area (Å²) in [4.78, 5) is 19.7. The molecular formula is C12H16O4. The van der Waals surface area contributed by atoms with E-state index in [1.807, 2.05) is 6.92 Å². The SMILES string of the molecule is CCCCOC=O.O=C(O)c1ccccc1. The van der Waals surface area contributed by atoms with Crippen LogP contribution in [0.25, 0.3) is 0 Å². The summed E-state index contributed by atoms with van der Waals surface area (Å²) < 4.78 is 4.39. The van der Waals surface area contributed by atoms with E-state index in [0.717, 1.165) is 12.8 Å². The molecule has 0 aliphatic rings. The van der Waals surface area contributed by atoms with E-state index in [1.165, 1.54) is 0 Å². The Morgan fingerprint density at radius 2 is 2.00 bits per heavy atom. The molecule has 0 bridgehead atoms. The molecular weight excluding hydrogens is 208 g/mol. The number of rotatable bonds is 5. The molecule has 1 aromatic rings. The van der Waals surface area contributed by atoms with E-state index in [9.17, 15) is 9.59 Å². The van der Waals surface area contributed by atoms with Crippen molar-refractivity contribution < 1.29 is 19.4 Å². The van der Waals surface area contributed by atoms with Crippen LogP contribution in [0.3, 0.4) is 0 Å². The molecule has 4 heteroatoms. The summed E-state index contributed by atoms with van der Waals surface area (Å²) in [5.41, 5.74) is 0.331. The number of benzene rings is 1. The van der Waals surface area contributed by atoms with Crippen molar-refractivity contribution in [2.75, 3.05) is 6.61 Å². The molecule has 0 unspecified atom stereocenters. The Morgan fingerprint density at radius 1 is 1.38 bits per heavy atom. The van der Waals surface area contributed by atoms with Gasteiger partial charge in [-0.3, -0.25) is 4.79 Å². The molecule has 0 radical (unpaired) electrons. The van der Waals surface area contributed by atoms with Crippen LogP contribution in [-0.4, -0.2) is 24.2 Å². The van der Waals surface area contributed by atoms with E-state index in [0.29, 0.717) is 18.6 Å². The van der Waals surface area contributed by atoms with Crippen molar-refractivity contribution in [3.05, 3.63) is 35.9 Å². The van der Waals surface area contributed by atoms with Gasteiger partial charge in [0.15, 0.2) is 0 Å². The lowest BCUT2D eigenvalue weighted by atomic mass is 10.2. The van der Waals surface area contributed by atoms with Crippen molar-refractivity contribution in [3.8, 4) is 0 Å². The fourth-order valence-corrected chi connectivity index (χ4v) is 0.857. The van der Waals surface area contributed by atoms with Gasteiger partial charge < -0.3 is 9.84 Å². The van der Waals surface area contributed by atoms with E-state index < -0.39 is 5.97 Å². The van der Waals surface area contributed by atoms with Crippen LogP contribution in [0.1, 0.15) is 30.1 Å². The number of carboxylic acids is 1.